The van der Waals surface area contributed by atoms with E-state index in [2.05, 4.69) is 48.2 Å². The number of nitrogens with zero attached hydrogens (tertiary/aromatic N) is 3. The Morgan fingerprint density at radius 2 is 2.12 bits per heavy atom. The van der Waals surface area contributed by atoms with Crippen molar-refractivity contribution in [1.29, 1.82) is 0 Å². The van der Waals surface area contributed by atoms with Crippen LogP contribution in [0, 0.1) is 0 Å². The second-order valence-corrected chi connectivity index (χ2v) is 7.03. The van der Waals surface area contributed by atoms with Gasteiger partial charge in [-0.15, -0.1) is 0 Å². The lowest BCUT2D eigenvalue weighted by atomic mass is 10.0. The lowest BCUT2D eigenvalue weighted by Crippen LogP contribution is -2.42. The van der Waals surface area contributed by atoms with E-state index in [1.54, 1.807) is 0 Å². The summed E-state index contributed by atoms with van der Waals surface area (Å²) in [4.78, 5) is 9.80. The van der Waals surface area contributed by atoms with Gasteiger partial charge in [-0.2, -0.15) is 13.2 Å². The average Bonchev–Trinajstić information content (AvgIpc) is 2.55. The van der Waals surface area contributed by atoms with Gasteiger partial charge in [-0.25, -0.2) is 9.97 Å². The lowest BCUT2D eigenvalue weighted by molar-refractivity contribution is -0.141. The Kier molecular flexibility index (Phi) is 5.58. The van der Waals surface area contributed by atoms with Gasteiger partial charge in [0.2, 0.25) is 5.95 Å². The van der Waals surface area contributed by atoms with E-state index in [1.807, 2.05) is 12.1 Å². The Labute approximate surface area is 152 Å². The third-order valence-electron chi connectivity index (χ3n) is 4.08. The molecule has 1 unspecified atom stereocenters. The number of rotatable bonds is 4. The van der Waals surface area contributed by atoms with Crippen LogP contribution in [0.2, 0.25) is 0 Å². The van der Waals surface area contributed by atoms with Gasteiger partial charge < -0.3 is 5.32 Å². The van der Waals surface area contributed by atoms with E-state index in [0.29, 0.717) is 0 Å². The maximum Gasteiger partial charge on any atom is 0.433 e. The van der Waals surface area contributed by atoms with E-state index < -0.39 is 11.9 Å². The molecule has 0 aliphatic carbocycles. The van der Waals surface area contributed by atoms with Crippen LogP contribution in [0.3, 0.4) is 0 Å². The number of likely N-dealkylation sites (tertiary alicyclic amines) is 1. The zero-order valence-electron chi connectivity index (χ0n) is 13.4. The van der Waals surface area contributed by atoms with E-state index in [9.17, 15) is 13.2 Å². The minimum atomic E-state index is -4.46. The summed E-state index contributed by atoms with van der Waals surface area (Å²) in [6.45, 7) is 2.52. The molecule has 2 aromatic rings. The van der Waals surface area contributed by atoms with Crippen LogP contribution in [-0.4, -0.2) is 34.0 Å². The number of piperidine rings is 1. The fourth-order valence-electron chi connectivity index (χ4n) is 2.98. The van der Waals surface area contributed by atoms with Crippen molar-refractivity contribution in [2.75, 3.05) is 18.4 Å². The van der Waals surface area contributed by atoms with Crippen LogP contribution in [0.25, 0.3) is 0 Å². The standard InChI is InChI=1S/C17H18BrF3N4/c18-13-4-1-3-12(9-13)10-25-8-2-5-14(11-25)23-16-22-7-6-15(24-16)17(19,20)21/h1,3-4,6-7,9,14H,2,5,8,10-11H2,(H,22,23,24). The monoisotopic (exact) mass is 414 g/mol. The lowest BCUT2D eigenvalue weighted by Gasteiger charge is -2.33. The molecule has 1 atom stereocenters. The zero-order chi connectivity index (χ0) is 17.9. The SMILES string of the molecule is FC(F)(F)c1ccnc(NC2CCCN(Cc3cccc(Br)c3)C2)n1. The molecular weight excluding hydrogens is 397 g/mol. The Bertz CT molecular complexity index is 723. The van der Waals surface area contributed by atoms with Gasteiger partial charge in [0.1, 0.15) is 5.69 Å². The number of nitrogens with one attached hydrogen (secondary N) is 1. The number of benzene rings is 1. The van der Waals surface area contributed by atoms with Crippen LogP contribution >= 0.6 is 15.9 Å². The van der Waals surface area contributed by atoms with Gasteiger partial charge in [0.05, 0.1) is 0 Å². The number of alkyl halides is 3. The smallest absolute Gasteiger partial charge is 0.350 e. The van der Waals surface area contributed by atoms with Gasteiger partial charge in [0.25, 0.3) is 0 Å². The summed E-state index contributed by atoms with van der Waals surface area (Å²) >= 11 is 3.47. The average molecular weight is 415 g/mol. The summed E-state index contributed by atoms with van der Waals surface area (Å²) in [6.07, 6.45) is -1.46. The molecule has 0 amide bonds. The number of hydrogen-bond donors (Lipinski definition) is 1. The molecule has 1 aliphatic heterocycles. The minimum absolute atomic E-state index is 0.0316. The van der Waals surface area contributed by atoms with Crippen LogP contribution in [0.4, 0.5) is 19.1 Å². The highest BCUT2D eigenvalue weighted by atomic mass is 79.9. The van der Waals surface area contributed by atoms with E-state index in [-0.39, 0.29) is 12.0 Å². The summed E-state index contributed by atoms with van der Waals surface area (Å²) in [7, 11) is 0. The van der Waals surface area contributed by atoms with Crippen molar-refractivity contribution >= 4 is 21.9 Å². The fourth-order valence-corrected chi connectivity index (χ4v) is 3.43. The summed E-state index contributed by atoms with van der Waals surface area (Å²) in [5.74, 6) is 0.0316. The first-order valence-electron chi connectivity index (χ1n) is 8.04. The Hall–Kier alpha value is -1.67. The maximum absolute atomic E-state index is 12.8. The molecule has 1 aromatic heterocycles. The van der Waals surface area contributed by atoms with Gasteiger partial charge >= 0.3 is 6.18 Å². The van der Waals surface area contributed by atoms with E-state index >= 15 is 0 Å². The van der Waals surface area contributed by atoms with Crippen molar-refractivity contribution < 1.29 is 13.2 Å². The summed E-state index contributed by atoms with van der Waals surface area (Å²) in [6, 6.07) is 9.03. The van der Waals surface area contributed by atoms with E-state index in [1.165, 1.54) is 5.56 Å². The van der Waals surface area contributed by atoms with Crippen molar-refractivity contribution in [3.63, 3.8) is 0 Å². The fraction of sp³-hybridized carbons (Fsp3) is 0.412. The van der Waals surface area contributed by atoms with Crippen LogP contribution in [0.15, 0.2) is 41.0 Å². The molecule has 0 saturated carbocycles. The van der Waals surface area contributed by atoms with Gasteiger partial charge in [0.15, 0.2) is 0 Å². The summed E-state index contributed by atoms with van der Waals surface area (Å²) in [5.41, 5.74) is 0.275. The van der Waals surface area contributed by atoms with Crippen molar-refractivity contribution in [2.45, 2.75) is 31.6 Å². The molecule has 25 heavy (non-hydrogen) atoms. The normalized spacial score (nSPS) is 19.0. The highest BCUT2D eigenvalue weighted by molar-refractivity contribution is 9.10. The second-order valence-electron chi connectivity index (χ2n) is 6.11. The molecule has 134 valence electrons. The molecule has 1 aromatic carbocycles. The van der Waals surface area contributed by atoms with Crippen molar-refractivity contribution in [1.82, 2.24) is 14.9 Å². The van der Waals surface area contributed by atoms with Crippen molar-refractivity contribution in [3.05, 3.63) is 52.3 Å². The molecule has 2 heterocycles. The molecule has 1 N–H and O–H groups in total. The number of hydrogen-bond acceptors (Lipinski definition) is 4. The third kappa shape index (κ3) is 5.15. The second kappa shape index (κ2) is 7.70. The Morgan fingerprint density at radius 3 is 2.88 bits per heavy atom. The van der Waals surface area contributed by atoms with Crippen molar-refractivity contribution in [3.8, 4) is 0 Å². The molecule has 8 heteroatoms. The largest absolute Gasteiger partial charge is 0.433 e. The highest BCUT2D eigenvalue weighted by Crippen LogP contribution is 2.28. The van der Waals surface area contributed by atoms with Gasteiger partial charge in [0, 0.05) is 29.8 Å². The molecule has 1 aliphatic rings. The topological polar surface area (TPSA) is 41.1 Å². The molecule has 0 bridgehead atoms. The third-order valence-corrected chi connectivity index (χ3v) is 4.57. The molecule has 3 rings (SSSR count). The zero-order valence-corrected chi connectivity index (χ0v) is 15.0. The molecule has 1 fully saturated rings. The summed E-state index contributed by atoms with van der Waals surface area (Å²) in [5, 5.41) is 3.05. The van der Waals surface area contributed by atoms with E-state index in [0.717, 1.165) is 49.2 Å². The van der Waals surface area contributed by atoms with Crippen LogP contribution in [-0.2, 0) is 12.7 Å². The van der Waals surface area contributed by atoms with Crippen molar-refractivity contribution in [2.24, 2.45) is 0 Å². The molecule has 1 saturated heterocycles. The van der Waals surface area contributed by atoms with Gasteiger partial charge in [-0.3, -0.25) is 4.90 Å². The Morgan fingerprint density at radius 1 is 1.28 bits per heavy atom. The van der Waals surface area contributed by atoms with Gasteiger partial charge in [-0.05, 0) is 43.1 Å². The molecule has 0 spiro atoms. The molecule has 4 nitrogen and oxygen atoms in total. The first-order chi connectivity index (χ1) is 11.9. The van der Waals surface area contributed by atoms with Crippen LogP contribution in [0.1, 0.15) is 24.1 Å². The highest BCUT2D eigenvalue weighted by Gasteiger charge is 2.33. The number of aromatic nitrogens is 2. The quantitative estimate of drug-likeness (QED) is 0.807. The molecular formula is C17H18BrF3N4. The van der Waals surface area contributed by atoms with E-state index in [4.69, 9.17) is 0 Å². The van der Waals surface area contributed by atoms with Gasteiger partial charge in [-0.1, -0.05) is 28.1 Å². The maximum atomic E-state index is 12.8. The summed E-state index contributed by atoms with van der Waals surface area (Å²) < 4.78 is 39.3. The van der Waals surface area contributed by atoms with Crippen LogP contribution < -0.4 is 5.32 Å². The number of anilines is 1. The predicted molar refractivity (Wildman–Crippen MR) is 93.1 cm³/mol. The first kappa shape index (κ1) is 18.1. The first-order valence-corrected chi connectivity index (χ1v) is 8.83. The molecule has 0 radical (unpaired) electrons. The predicted octanol–water partition coefficient (Wildman–Crippen LogP) is 4.33. The van der Waals surface area contributed by atoms with Crippen LogP contribution in [0.5, 0.6) is 0 Å². The minimum Gasteiger partial charge on any atom is -0.350 e. The Balaban J connectivity index is 1.62. The number of halogens is 4.